The number of benzene rings is 1. The van der Waals surface area contributed by atoms with Crippen molar-refractivity contribution in [3.63, 3.8) is 0 Å². The molecule has 8 nitrogen and oxygen atoms in total. The fraction of sp³-hybridized carbons (Fsp3) is 0.565. The monoisotopic (exact) mass is 454 g/mol. The smallest absolute Gasteiger partial charge is 0.191 e. The average Bonchev–Trinajstić information content (AvgIpc) is 3.45. The van der Waals surface area contributed by atoms with E-state index in [9.17, 15) is 10.2 Å². The fourth-order valence-electron chi connectivity index (χ4n) is 4.82. The Bertz CT molecular complexity index is 1090. The molecule has 0 amide bonds. The van der Waals surface area contributed by atoms with Crippen LogP contribution in [0.1, 0.15) is 50.6 Å². The number of thioether (sulfide) groups is 1. The number of likely N-dealkylation sites (N-methyl/N-ethyl adjacent to an activating group) is 1. The summed E-state index contributed by atoms with van der Waals surface area (Å²) in [7, 11) is 2.07. The topological polar surface area (TPSA) is 100 Å². The zero-order chi connectivity index (χ0) is 22.4. The van der Waals surface area contributed by atoms with E-state index in [0.717, 1.165) is 24.4 Å². The standard InChI is InChI=1S/C23H30N6O2S/c1-4-10-32-23-24-21(28(3)16-12-15(16)14-8-6-5-7-9-14)18-22(25-23)29(27-26-18)17-11-13(2)19(30)20(17)31/h5-9,13,15-17,19-20,30-31H,4,10-12H2,1-3H3/t13-,15?,16?,17+,19+,20-/m1/s1. The van der Waals surface area contributed by atoms with Crippen LogP contribution in [0.15, 0.2) is 35.5 Å². The number of aromatic nitrogens is 5. The van der Waals surface area contributed by atoms with Gasteiger partial charge in [-0.2, -0.15) is 0 Å². The number of nitrogens with zero attached hydrogens (tertiary/aromatic N) is 6. The minimum absolute atomic E-state index is 0.00902. The molecule has 2 fully saturated rings. The molecule has 2 saturated carbocycles. The number of aliphatic hydroxyl groups is 2. The molecule has 0 bridgehead atoms. The Balaban J connectivity index is 1.51. The largest absolute Gasteiger partial charge is 0.390 e. The van der Waals surface area contributed by atoms with Crippen LogP contribution in [-0.2, 0) is 0 Å². The van der Waals surface area contributed by atoms with Crippen LogP contribution in [0.3, 0.4) is 0 Å². The van der Waals surface area contributed by atoms with Gasteiger partial charge in [-0.1, -0.05) is 61.2 Å². The third-order valence-corrected chi connectivity index (χ3v) is 7.84. The second-order valence-corrected chi connectivity index (χ2v) is 10.1. The molecule has 0 spiro atoms. The van der Waals surface area contributed by atoms with Crippen molar-refractivity contribution < 1.29 is 10.2 Å². The Kier molecular flexibility index (Phi) is 5.81. The van der Waals surface area contributed by atoms with Crippen molar-refractivity contribution in [2.45, 2.75) is 68.5 Å². The van der Waals surface area contributed by atoms with Crippen molar-refractivity contribution in [3.8, 4) is 0 Å². The summed E-state index contributed by atoms with van der Waals surface area (Å²) in [5.74, 6) is 2.17. The lowest BCUT2D eigenvalue weighted by molar-refractivity contribution is 0.00767. The van der Waals surface area contributed by atoms with E-state index in [2.05, 4.69) is 53.4 Å². The van der Waals surface area contributed by atoms with E-state index < -0.39 is 12.2 Å². The van der Waals surface area contributed by atoms with Gasteiger partial charge in [0.25, 0.3) is 0 Å². The summed E-state index contributed by atoms with van der Waals surface area (Å²) in [6, 6.07) is 10.6. The summed E-state index contributed by atoms with van der Waals surface area (Å²) in [4.78, 5) is 11.8. The van der Waals surface area contributed by atoms with Gasteiger partial charge >= 0.3 is 0 Å². The van der Waals surface area contributed by atoms with Crippen LogP contribution in [0, 0.1) is 5.92 Å². The summed E-state index contributed by atoms with van der Waals surface area (Å²) in [5, 5.41) is 30.4. The summed E-state index contributed by atoms with van der Waals surface area (Å²) in [6.07, 6.45) is 1.08. The lowest BCUT2D eigenvalue weighted by Gasteiger charge is -2.20. The molecule has 2 aromatic heterocycles. The molecule has 1 aromatic carbocycles. The first-order valence-electron chi connectivity index (χ1n) is 11.4. The molecule has 9 heteroatoms. The minimum atomic E-state index is -0.885. The van der Waals surface area contributed by atoms with Gasteiger partial charge in [-0.25, -0.2) is 14.6 Å². The highest BCUT2D eigenvalue weighted by atomic mass is 32.2. The van der Waals surface area contributed by atoms with E-state index in [1.54, 1.807) is 16.4 Å². The van der Waals surface area contributed by atoms with Crippen molar-refractivity contribution in [1.82, 2.24) is 25.0 Å². The molecule has 5 rings (SSSR count). The average molecular weight is 455 g/mol. The number of anilines is 1. The van der Waals surface area contributed by atoms with Crippen molar-refractivity contribution in [3.05, 3.63) is 35.9 Å². The Morgan fingerprint density at radius 2 is 1.91 bits per heavy atom. The van der Waals surface area contributed by atoms with Crippen LogP contribution in [0.2, 0.25) is 0 Å². The van der Waals surface area contributed by atoms with Crippen molar-refractivity contribution in [2.24, 2.45) is 5.92 Å². The molecule has 6 atom stereocenters. The quantitative estimate of drug-likeness (QED) is 0.415. The number of aliphatic hydroxyl groups excluding tert-OH is 2. The lowest BCUT2D eigenvalue weighted by atomic mass is 10.1. The molecule has 0 aliphatic heterocycles. The van der Waals surface area contributed by atoms with Gasteiger partial charge in [0.15, 0.2) is 22.1 Å². The molecule has 3 aromatic rings. The predicted octanol–water partition coefficient (Wildman–Crippen LogP) is 3.02. The zero-order valence-corrected chi connectivity index (χ0v) is 19.5. The lowest BCUT2D eigenvalue weighted by Crippen LogP contribution is -2.29. The number of hydrogen-bond acceptors (Lipinski definition) is 8. The Morgan fingerprint density at radius 1 is 1.12 bits per heavy atom. The van der Waals surface area contributed by atoms with Crippen LogP contribution in [-0.4, -0.2) is 66.2 Å². The van der Waals surface area contributed by atoms with Crippen molar-refractivity contribution in [2.75, 3.05) is 17.7 Å². The van der Waals surface area contributed by atoms with Crippen LogP contribution >= 0.6 is 11.8 Å². The van der Waals surface area contributed by atoms with Gasteiger partial charge in [0.05, 0.1) is 12.1 Å². The predicted molar refractivity (Wildman–Crippen MR) is 125 cm³/mol. The number of fused-ring (bicyclic) bond motifs is 1. The highest BCUT2D eigenvalue weighted by Crippen LogP contribution is 2.46. The number of hydrogen-bond donors (Lipinski definition) is 2. The van der Waals surface area contributed by atoms with Gasteiger partial charge in [-0.3, -0.25) is 0 Å². The molecule has 2 aliphatic rings. The van der Waals surface area contributed by atoms with E-state index in [-0.39, 0.29) is 12.0 Å². The summed E-state index contributed by atoms with van der Waals surface area (Å²) < 4.78 is 1.70. The van der Waals surface area contributed by atoms with Gasteiger partial charge < -0.3 is 15.1 Å². The molecule has 32 heavy (non-hydrogen) atoms. The number of rotatable bonds is 7. The first kappa shape index (κ1) is 21.6. The minimum Gasteiger partial charge on any atom is -0.390 e. The first-order valence-corrected chi connectivity index (χ1v) is 12.4. The van der Waals surface area contributed by atoms with Gasteiger partial charge in [-0.05, 0) is 30.7 Å². The molecule has 0 radical (unpaired) electrons. The summed E-state index contributed by atoms with van der Waals surface area (Å²) >= 11 is 1.62. The second kappa shape index (κ2) is 8.61. The third-order valence-electron chi connectivity index (χ3n) is 6.79. The van der Waals surface area contributed by atoms with Gasteiger partial charge in [-0.15, -0.1) is 5.10 Å². The van der Waals surface area contributed by atoms with E-state index in [1.165, 1.54) is 5.56 Å². The maximum atomic E-state index is 10.6. The molecule has 2 heterocycles. The molecule has 0 saturated heterocycles. The SMILES string of the molecule is CCCSc1nc(N(C)C2CC2c2ccccc2)c2nnn([C@H]3C[C@@H](C)[C@H](O)[C@@H]3O)c2n1. The summed E-state index contributed by atoms with van der Waals surface area (Å²) in [6.45, 7) is 4.08. The molecule has 2 unspecified atom stereocenters. The second-order valence-electron chi connectivity index (χ2n) is 9.08. The van der Waals surface area contributed by atoms with Gasteiger partial charge in [0, 0.05) is 24.8 Å². The maximum absolute atomic E-state index is 10.6. The Morgan fingerprint density at radius 3 is 2.59 bits per heavy atom. The van der Waals surface area contributed by atoms with Gasteiger partial charge in [0.1, 0.15) is 6.10 Å². The Hall–Kier alpha value is -2.23. The highest BCUT2D eigenvalue weighted by Gasteiger charge is 2.44. The van der Waals surface area contributed by atoms with Crippen LogP contribution in [0.4, 0.5) is 5.82 Å². The highest BCUT2D eigenvalue weighted by molar-refractivity contribution is 7.99. The zero-order valence-electron chi connectivity index (χ0n) is 18.7. The Labute approximate surface area is 192 Å². The molecule has 2 N–H and O–H groups in total. The molecule has 2 aliphatic carbocycles. The van der Waals surface area contributed by atoms with Gasteiger partial charge in [0.2, 0.25) is 0 Å². The van der Waals surface area contributed by atoms with E-state index >= 15 is 0 Å². The van der Waals surface area contributed by atoms with E-state index in [0.29, 0.717) is 34.7 Å². The van der Waals surface area contributed by atoms with Crippen LogP contribution in [0.25, 0.3) is 11.2 Å². The van der Waals surface area contributed by atoms with E-state index in [4.69, 9.17) is 9.97 Å². The third kappa shape index (κ3) is 3.76. The first-order chi connectivity index (χ1) is 15.5. The fourth-order valence-corrected chi connectivity index (χ4v) is 5.51. The normalized spacial score (nSPS) is 29.5. The van der Waals surface area contributed by atoms with Crippen LogP contribution in [0.5, 0.6) is 0 Å². The van der Waals surface area contributed by atoms with E-state index in [1.807, 2.05) is 13.0 Å². The van der Waals surface area contributed by atoms with Crippen LogP contribution < -0.4 is 4.90 Å². The summed E-state index contributed by atoms with van der Waals surface area (Å²) in [5.41, 5.74) is 2.62. The molecule has 170 valence electrons. The molecular formula is C23H30N6O2S. The maximum Gasteiger partial charge on any atom is 0.191 e. The van der Waals surface area contributed by atoms with Crippen molar-refractivity contribution >= 4 is 28.7 Å². The molecular weight excluding hydrogens is 424 g/mol. The van der Waals surface area contributed by atoms with Crippen molar-refractivity contribution in [1.29, 1.82) is 0 Å².